The van der Waals surface area contributed by atoms with Crippen molar-refractivity contribution in [3.8, 4) is 6.07 Å². The highest BCUT2D eigenvalue weighted by Crippen LogP contribution is 2.26. The van der Waals surface area contributed by atoms with Gasteiger partial charge in [-0.1, -0.05) is 0 Å². The van der Waals surface area contributed by atoms with Gasteiger partial charge in [0.05, 0.1) is 23.9 Å². The van der Waals surface area contributed by atoms with Crippen LogP contribution < -0.4 is 4.90 Å². The summed E-state index contributed by atoms with van der Waals surface area (Å²) in [6, 6.07) is 7.67. The van der Waals surface area contributed by atoms with E-state index in [0.717, 1.165) is 42.5 Å². The highest BCUT2D eigenvalue weighted by atomic mass is 16.3. The number of fused-ring (bicyclic) bond motifs is 1. The van der Waals surface area contributed by atoms with Crippen LogP contribution in [0.15, 0.2) is 24.4 Å². The number of anilines is 1. The van der Waals surface area contributed by atoms with Crippen LogP contribution in [-0.4, -0.2) is 34.5 Å². The Morgan fingerprint density at radius 3 is 2.84 bits per heavy atom. The summed E-state index contributed by atoms with van der Waals surface area (Å²) in [6.07, 6.45) is 2.99. The van der Waals surface area contributed by atoms with Crippen LogP contribution in [0.1, 0.15) is 18.4 Å². The fourth-order valence-electron chi connectivity index (χ4n) is 2.45. The summed E-state index contributed by atoms with van der Waals surface area (Å²) in [6.45, 7) is 1.57. The van der Waals surface area contributed by atoms with Crippen LogP contribution in [-0.2, 0) is 0 Å². The first-order chi connectivity index (χ1) is 9.28. The molecular formula is C14H14N4O. The second-order valence-electron chi connectivity index (χ2n) is 4.80. The van der Waals surface area contributed by atoms with E-state index >= 15 is 0 Å². The van der Waals surface area contributed by atoms with Crippen molar-refractivity contribution >= 4 is 16.6 Å². The number of aromatic nitrogens is 2. The number of benzene rings is 1. The number of hydrogen-bond donors (Lipinski definition) is 1. The van der Waals surface area contributed by atoms with Crippen LogP contribution in [0.5, 0.6) is 0 Å². The number of aliphatic hydroxyl groups is 1. The molecule has 1 aliphatic rings. The topological polar surface area (TPSA) is 73.0 Å². The Hall–Kier alpha value is -2.19. The average molecular weight is 254 g/mol. The molecule has 19 heavy (non-hydrogen) atoms. The van der Waals surface area contributed by atoms with Crippen LogP contribution >= 0.6 is 0 Å². The lowest BCUT2D eigenvalue weighted by Crippen LogP contribution is -2.36. The number of rotatable bonds is 1. The van der Waals surface area contributed by atoms with E-state index in [1.807, 2.05) is 12.1 Å². The predicted octanol–water partition coefficient (Wildman–Crippen LogP) is 1.46. The molecule has 1 fully saturated rings. The van der Waals surface area contributed by atoms with Crippen molar-refractivity contribution in [1.29, 1.82) is 5.26 Å². The predicted molar refractivity (Wildman–Crippen MR) is 71.7 cm³/mol. The molecule has 1 saturated heterocycles. The van der Waals surface area contributed by atoms with Gasteiger partial charge < -0.3 is 10.0 Å². The maximum absolute atomic E-state index is 9.56. The summed E-state index contributed by atoms with van der Waals surface area (Å²) < 4.78 is 0. The molecule has 1 aliphatic heterocycles. The number of piperidine rings is 1. The summed E-state index contributed by atoms with van der Waals surface area (Å²) in [5, 5.41) is 28.6. The Bertz CT molecular complexity index is 641. The Labute approximate surface area is 111 Å². The third-order valence-electron chi connectivity index (χ3n) is 3.53. The van der Waals surface area contributed by atoms with Crippen LogP contribution in [0.3, 0.4) is 0 Å². The Morgan fingerprint density at radius 2 is 2.11 bits per heavy atom. The van der Waals surface area contributed by atoms with Crippen molar-refractivity contribution in [2.45, 2.75) is 18.9 Å². The lowest BCUT2D eigenvalue weighted by atomic mass is 10.1. The standard InChI is InChI=1S/C14H14N4O/c15-8-10-1-2-13-11(7-10)9-16-17-14(13)18-5-3-12(19)4-6-18/h1-2,7,9,12,19H,3-6H2. The number of hydrogen-bond acceptors (Lipinski definition) is 5. The third-order valence-corrected chi connectivity index (χ3v) is 3.53. The SMILES string of the molecule is N#Cc1ccc2c(N3CCC(O)CC3)nncc2c1. The molecule has 1 N–H and O–H groups in total. The van der Waals surface area contributed by atoms with Gasteiger partial charge in [-0.25, -0.2) is 0 Å². The van der Waals surface area contributed by atoms with Gasteiger partial charge in [-0.3, -0.25) is 0 Å². The first-order valence-corrected chi connectivity index (χ1v) is 6.36. The first kappa shape index (κ1) is 11.9. The van der Waals surface area contributed by atoms with Crippen molar-refractivity contribution in [3.63, 3.8) is 0 Å². The zero-order valence-electron chi connectivity index (χ0n) is 10.5. The molecule has 0 bridgehead atoms. The Morgan fingerprint density at radius 1 is 1.32 bits per heavy atom. The second kappa shape index (κ2) is 4.82. The van der Waals surface area contributed by atoms with Crippen molar-refractivity contribution < 1.29 is 5.11 Å². The Balaban J connectivity index is 2.02. The lowest BCUT2D eigenvalue weighted by molar-refractivity contribution is 0.145. The number of aliphatic hydroxyl groups excluding tert-OH is 1. The minimum Gasteiger partial charge on any atom is -0.393 e. The molecule has 5 heteroatoms. The van der Waals surface area contributed by atoms with E-state index in [4.69, 9.17) is 5.26 Å². The average Bonchev–Trinajstić information content (AvgIpc) is 2.47. The van der Waals surface area contributed by atoms with E-state index in [1.165, 1.54) is 0 Å². The van der Waals surface area contributed by atoms with Crippen molar-refractivity contribution in [3.05, 3.63) is 30.0 Å². The third kappa shape index (κ3) is 2.23. The van der Waals surface area contributed by atoms with E-state index in [1.54, 1.807) is 12.3 Å². The fraction of sp³-hybridized carbons (Fsp3) is 0.357. The zero-order chi connectivity index (χ0) is 13.2. The molecule has 1 aromatic heterocycles. The molecule has 3 rings (SSSR count). The molecule has 2 aromatic rings. The van der Waals surface area contributed by atoms with Gasteiger partial charge in [0.15, 0.2) is 5.82 Å². The molecule has 0 saturated carbocycles. The van der Waals surface area contributed by atoms with Crippen molar-refractivity contribution in [1.82, 2.24) is 10.2 Å². The van der Waals surface area contributed by atoms with Crippen molar-refractivity contribution in [2.75, 3.05) is 18.0 Å². The van der Waals surface area contributed by atoms with Gasteiger partial charge in [0, 0.05) is 23.9 Å². The summed E-state index contributed by atoms with van der Waals surface area (Å²) in [4.78, 5) is 2.15. The molecule has 2 heterocycles. The highest BCUT2D eigenvalue weighted by Gasteiger charge is 2.20. The van der Waals surface area contributed by atoms with Gasteiger partial charge >= 0.3 is 0 Å². The van der Waals surface area contributed by atoms with E-state index < -0.39 is 0 Å². The highest BCUT2D eigenvalue weighted by molar-refractivity contribution is 5.92. The maximum Gasteiger partial charge on any atom is 0.159 e. The molecular weight excluding hydrogens is 240 g/mol. The van der Waals surface area contributed by atoms with Gasteiger partial charge in [0.1, 0.15) is 0 Å². The van der Waals surface area contributed by atoms with E-state index in [0.29, 0.717) is 5.56 Å². The summed E-state index contributed by atoms with van der Waals surface area (Å²) in [5.74, 6) is 0.842. The largest absolute Gasteiger partial charge is 0.393 e. The Kier molecular flexibility index (Phi) is 3.02. The fourth-order valence-corrected chi connectivity index (χ4v) is 2.45. The maximum atomic E-state index is 9.56. The van der Waals surface area contributed by atoms with Crippen LogP contribution in [0.25, 0.3) is 10.8 Å². The molecule has 1 aromatic carbocycles. The molecule has 0 spiro atoms. The van der Waals surface area contributed by atoms with Gasteiger partial charge in [0.2, 0.25) is 0 Å². The summed E-state index contributed by atoms with van der Waals surface area (Å²) in [7, 11) is 0. The number of nitrogens with zero attached hydrogens (tertiary/aromatic N) is 4. The van der Waals surface area contributed by atoms with Gasteiger partial charge in [0.25, 0.3) is 0 Å². The van der Waals surface area contributed by atoms with Gasteiger partial charge in [-0.15, -0.1) is 5.10 Å². The van der Waals surface area contributed by atoms with Gasteiger partial charge in [-0.05, 0) is 31.0 Å². The lowest BCUT2D eigenvalue weighted by Gasteiger charge is -2.30. The molecule has 0 amide bonds. The van der Waals surface area contributed by atoms with Crippen LogP contribution in [0.4, 0.5) is 5.82 Å². The van der Waals surface area contributed by atoms with Crippen molar-refractivity contribution in [2.24, 2.45) is 0 Å². The first-order valence-electron chi connectivity index (χ1n) is 6.36. The quantitative estimate of drug-likeness (QED) is 0.834. The van der Waals surface area contributed by atoms with Gasteiger partial charge in [-0.2, -0.15) is 10.4 Å². The van der Waals surface area contributed by atoms with Crippen LogP contribution in [0, 0.1) is 11.3 Å². The molecule has 0 unspecified atom stereocenters. The molecule has 5 nitrogen and oxygen atoms in total. The second-order valence-corrected chi connectivity index (χ2v) is 4.80. The molecule has 0 radical (unpaired) electrons. The molecule has 96 valence electrons. The normalized spacial score (nSPS) is 16.5. The van der Waals surface area contributed by atoms with Crippen LogP contribution in [0.2, 0.25) is 0 Å². The summed E-state index contributed by atoms with van der Waals surface area (Å²) >= 11 is 0. The monoisotopic (exact) mass is 254 g/mol. The zero-order valence-corrected chi connectivity index (χ0v) is 10.5. The smallest absolute Gasteiger partial charge is 0.159 e. The summed E-state index contributed by atoms with van der Waals surface area (Å²) in [5.41, 5.74) is 0.625. The molecule has 0 aliphatic carbocycles. The minimum absolute atomic E-state index is 0.204. The van der Waals surface area contributed by atoms with E-state index in [-0.39, 0.29) is 6.10 Å². The molecule has 0 atom stereocenters. The van der Waals surface area contributed by atoms with E-state index in [2.05, 4.69) is 21.2 Å². The van der Waals surface area contributed by atoms with E-state index in [9.17, 15) is 5.11 Å². The minimum atomic E-state index is -0.204. The number of nitriles is 1.